The van der Waals surface area contributed by atoms with Crippen molar-refractivity contribution in [3.63, 3.8) is 0 Å². The summed E-state index contributed by atoms with van der Waals surface area (Å²) in [6, 6.07) is 0. The second kappa shape index (κ2) is 5.76. The minimum atomic E-state index is -3.81. The van der Waals surface area contributed by atoms with Crippen LogP contribution in [0.25, 0.3) is 0 Å². The maximum Gasteiger partial charge on any atom is 0.320 e. The minimum absolute atomic E-state index is 0.177. The van der Waals surface area contributed by atoms with Gasteiger partial charge in [0.15, 0.2) is 0 Å². The van der Waals surface area contributed by atoms with Crippen LogP contribution in [0.3, 0.4) is 0 Å². The van der Waals surface area contributed by atoms with Crippen molar-refractivity contribution in [2.45, 2.75) is 19.8 Å². The molecule has 0 aliphatic rings. The molecular formula is C6H16N4O2S. The van der Waals surface area contributed by atoms with E-state index >= 15 is 0 Å². The normalized spacial score (nSPS) is 12.7. The SMILES string of the molecule is CCCCN/C(=N/S(N)(=O)=O)NC. The van der Waals surface area contributed by atoms with Crippen LogP contribution in [-0.2, 0) is 10.2 Å². The molecule has 0 spiro atoms. The van der Waals surface area contributed by atoms with Crippen LogP contribution in [0.4, 0.5) is 0 Å². The molecule has 0 aliphatic carbocycles. The molecule has 7 heteroatoms. The highest BCUT2D eigenvalue weighted by molar-refractivity contribution is 7.88. The lowest BCUT2D eigenvalue weighted by atomic mass is 10.3. The third kappa shape index (κ3) is 7.54. The van der Waals surface area contributed by atoms with Gasteiger partial charge in [-0.1, -0.05) is 13.3 Å². The van der Waals surface area contributed by atoms with Gasteiger partial charge in [-0.05, 0) is 6.42 Å². The summed E-state index contributed by atoms with van der Waals surface area (Å²) in [6.07, 6.45) is 1.98. The van der Waals surface area contributed by atoms with Crippen molar-refractivity contribution in [2.24, 2.45) is 9.54 Å². The van der Waals surface area contributed by atoms with Gasteiger partial charge in [0.2, 0.25) is 5.96 Å². The topological polar surface area (TPSA) is 96.6 Å². The second-order valence-electron chi connectivity index (χ2n) is 2.49. The Morgan fingerprint density at radius 3 is 2.54 bits per heavy atom. The van der Waals surface area contributed by atoms with Crippen LogP contribution in [0.5, 0.6) is 0 Å². The molecule has 0 saturated heterocycles. The molecule has 0 bridgehead atoms. The summed E-state index contributed by atoms with van der Waals surface area (Å²) in [5, 5.41) is 10.1. The number of hydrogen-bond donors (Lipinski definition) is 3. The Hall–Kier alpha value is -0.820. The molecule has 0 atom stereocenters. The Kier molecular flexibility index (Phi) is 5.40. The molecule has 0 saturated carbocycles. The maximum atomic E-state index is 10.5. The number of hydrogen-bond acceptors (Lipinski definition) is 2. The van der Waals surface area contributed by atoms with Gasteiger partial charge in [0, 0.05) is 13.6 Å². The van der Waals surface area contributed by atoms with Crippen molar-refractivity contribution in [1.82, 2.24) is 10.6 Å². The molecule has 0 unspecified atom stereocenters. The highest BCUT2D eigenvalue weighted by atomic mass is 32.2. The van der Waals surface area contributed by atoms with Crippen LogP contribution in [0.1, 0.15) is 19.8 Å². The first-order valence-electron chi connectivity index (χ1n) is 4.04. The molecule has 0 aromatic rings. The summed E-state index contributed by atoms with van der Waals surface area (Å²) in [4.78, 5) is 0. The van der Waals surface area contributed by atoms with Crippen LogP contribution in [0.2, 0.25) is 0 Å². The lowest BCUT2D eigenvalue weighted by Crippen LogP contribution is -2.36. The van der Waals surface area contributed by atoms with Gasteiger partial charge in [0.1, 0.15) is 0 Å². The minimum Gasteiger partial charge on any atom is -0.359 e. The van der Waals surface area contributed by atoms with E-state index in [2.05, 4.69) is 15.0 Å². The smallest absolute Gasteiger partial charge is 0.320 e. The lowest BCUT2D eigenvalue weighted by Gasteiger charge is -2.06. The maximum absolute atomic E-state index is 10.5. The zero-order chi connectivity index (χ0) is 10.3. The molecule has 13 heavy (non-hydrogen) atoms. The zero-order valence-electron chi connectivity index (χ0n) is 7.87. The Morgan fingerprint density at radius 1 is 1.54 bits per heavy atom. The standard InChI is InChI=1S/C6H16N4O2S/c1-3-4-5-9-6(8-2)10-13(7,11)12/h3-5H2,1-2H3,(H2,7,11,12)(H2,8,9,10). The molecule has 6 nitrogen and oxygen atoms in total. The summed E-state index contributed by atoms with van der Waals surface area (Å²) in [5.41, 5.74) is 0. The number of unbranched alkanes of at least 4 members (excludes halogenated alkanes) is 1. The fraction of sp³-hybridized carbons (Fsp3) is 0.833. The van der Waals surface area contributed by atoms with Gasteiger partial charge < -0.3 is 10.6 Å². The largest absolute Gasteiger partial charge is 0.359 e. The molecule has 4 N–H and O–H groups in total. The average molecular weight is 208 g/mol. The van der Waals surface area contributed by atoms with Crippen LogP contribution < -0.4 is 15.8 Å². The Morgan fingerprint density at radius 2 is 2.15 bits per heavy atom. The van der Waals surface area contributed by atoms with E-state index in [0.29, 0.717) is 6.54 Å². The predicted octanol–water partition coefficient (Wildman–Crippen LogP) is -0.845. The van der Waals surface area contributed by atoms with E-state index in [-0.39, 0.29) is 5.96 Å². The van der Waals surface area contributed by atoms with Crippen molar-refractivity contribution in [1.29, 1.82) is 0 Å². The van der Waals surface area contributed by atoms with Crippen molar-refractivity contribution in [3.8, 4) is 0 Å². The molecular weight excluding hydrogens is 192 g/mol. The van der Waals surface area contributed by atoms with Gasteiger partial charge in [-0.3, -0.25) is 0 Å². The van der Waals surface area contributed by atoms with E-state index in [9.17, 15) is 8.42 Å². The third-order valence-corrected chi connectivity index (χ3v) is 1.72. The molecule has 0 rings (SSSR count). The summed E-state index contributed by atoms with van der Waals surface area (Å²) in [6.45, 7) is 2.71. The number of guanidine groups is 1. The first-order valence-corrected chi connectivity index (χ1v) is 5.54. The van der Waals surface area contributed by atoms with Crippen LogP contribution in [0, 0.1) is 0 Å². The highest BCUT2D eigenvalue weighted by Gasteiger charge is 2.01. The summed E-state index contributed by atoms with van der Waals surface area (Å²) < 4.78 is 24.3. The molecule has 0 fully saturated rings. The van der Waals surface area contributed by atoms with Gasteiger partial charge in [0.05, 0.1) is 0 Å². The first-order chi connectivity index (χ1) is 5.99. The van der Waals surface area contributed by atoms with Crippen molar-refractivity contribution in [2.75, 3.05) is 13.6 Å². The third-order valence-electron chi connectivity index (χ3n) is 1.28. The number of nitrogens with zero attached hydrogens (tertiary/aromatic N) is 1. The van der Waals surface area contributed by atoms with Crippen molar-refractivity contribution in [3.05, 3.63) is 0 Å². The van der Waals surface area contributed by atoms with Gasteiger partial charge in [0.25, 0.3) is 0 Å². The van der Waals surface area contributed by atoms with Crippen molar-refractivity contribution < 1.29 is 8.42 Å². The lowest BCUT2D eigenvalue weighted by molar-refractivity contribution is 0.599. The van der Waals surface area contributed by atoms with Crippen molar-refractivity contribution >= 4 is 16.2 Å². The van der Waals surface area contributed by atoms with E-state index in [1.165, 1.54) is 0 Å². The number of nitrogens with one attached hydrogen (secondary N) is 2. The Bertz CT molecular complexity index is 260. The fourth-order valence-corrected chi connectivity index (χ4v) is 1.09. The van der Waals surface area contributed by atoms with Crippen LogP contribution >= 0.6 is 0 Å². The van der Waals surface area contributed by atoms with Gasteiger partial charge in [-0.15, -0.1) is 4.40 Å². The zero-order valence-corrected chi connectivity index (χ0v) is 8.69. The number of nitrogens with two attached hydrogens (primary N) is 1. The fourth-order valence-electron chi connectivity index (χ4n) is 0.677. The predicted molar refractivity (Wildman–Crippen MR) is 52.5 cm³/mol. The molecule has 0 aromatic heterocycles. The summed E-state index contributed by atoms with van der Waals surface area (Å²) in [5.74, 6) is 0.177. The van der Waals surface area contributed by atoms with E-state index in [1.54, 1.807) is 7.05 Å². The van der Waals surface area contributed by atoms with E-state index in [0.717, 1.165) is 12.8 Å². The van der Waals surface area contributed by atoms with Crippen LogP contribution in [0.15, 0.2) is 4.40 Å². The molecule has 0 heterocycles. The van der Waals surface area contributed by atoms with E-state index in [1.807, 2.05) is 6.92 Å². The number of rotatable bonds is 4. The average Bonchev–Trinajstić information content (AvgIpc) is 2.01. The Labute approximate surface area is 78.8 Å². The van der Waals surface area contributed by atoms with Gasteiger partial charge in [-0.25, -0.2) is 5.14 Å². The van der Waals surface area contributed by atoms with Gasteiger partial charge in [-0.2, -0.15) is 8.42 Å². The first kappa shape index (κ1) is 12.2. The molecule has 0 amide bonds. The van der Waals surface area contributed by atoms with E-state index in [4.69, 9.17) is 5.14 Å². The Balaban J connectivity index is 4.11. The van der Waals surface area contributed by atoms with Gasteiger partial charge >= 0.3 is 10.2 Å². The monoisotopic (exact) mass is 208 g/mol. The molecule has 0 radical (unpaired) electrons. The molecule has 78 valence electrons. The van der Waals surface area contributed by atoms with E-state index < -0.39 is 10.2 Å². The van der Waals surface area contributed by atoms with Crippen LogP contribution in [-0.4, -0.2) is 28.0 Å². The summed E-state index contributed by atoms with van der Waals surface area (Å²) >= 11 is 0. The second-order valence-corrected chi connectivity index (χ2v) is 3.70. The molecule has 0 aromatic carbocycles. The summed E-state index contributed by atoms with van der Waals surface area (Å²) in [7, 11) is -2.24. The molecule has 0 aliphatic heterocycles. The quantitative estimate of drug-likeness (QED) is 0.319. The highest BCUT2D eigenvalue weighted by Crippen LogP contribution is 1.84.